The van der Waals surface area contributed by atoms with E-state index in [0.717, 1.165) is 37.1 Å². The van der Waals surface area contributed by atoms with E-state index in [9.17, 15) is 4.79 Å². The number of piperidine rings is 1. The maximum absolute atomic E-state index is 12.1. The van der Waals surface area contributed by atoms with Crippen LogP contribution >= 0.6 is 46.7 Å². The number of aliphatic hydroxyl groups excluding tert-OH is 1. The van der Waals surface area contributed by atoms with Crippen molar-refractivity contribution in [3.63, 3.8) is 0 Å². The number of pyridine rings is 2. The molecule has 17 heteroatoms. The number of likely N-dealkylation sites (tertiary alicyclic amines) is 1. The maximum Gasteiger partial charge on any atom is 0.408 e. The van der Waals surface area contributed by atoms with E-state index in [1.165, 1.54) is 46.3 Å². The predicted molar refractivity (Wildman–Crippen MR) is 286 cm³/mol. The molecule has 1 amide bonds. The molecule has 0 unspecified atom stereocenters. The summed E-state index contributed by atoms with van der Waals surface area (Å²) in [5, 5.41) is 6.18. The number of aromatic nitrogens is 6. The lowest BCUT2D eigenvalue weighted by Gasteiger charge is -2.28. The lowest BCUT2D eigenvalue weighted by molar-refractivity contribution is 0.147. The highest BCUT2D eigenvalue weighted by Crippen LogP contribution is 2.38. The van der Waals surface area contributed by atoms with Gasteiger partial charge in [0, 0.05) is 64.7 Å². The number of thioether (sulfide) groups is 2. The largest absolute Gasteiger partial charge is 0.486 e. The monoisotopic (exact) mass is 1060 g/mol. The first kappa shape index (κ1) is 34.0. The van der Waals surface area contributed by atoms with Crippen molar-refractivity contribution in [1.82, 2.24) is 39.3 Å². The van der Waals surface area contributed by atoms with Gasteiger partial charge in [-0.2, -0.15) is 0 Å². The van der Waals surface area contributed by atoms with Crippen molar-refractivity contribution in [3.05, 3.63) is 129 Å². The highest BCUT2D eigenvalue weighted by Gasteiger charge is 2.24. The number of benzene rings is 2. The topological polar surface area (TPSA) is 142 Å². The number of aryl methyl sites for hydroxylation is 2. The number of carbonyl (C=O) groups is 1. The summed E-state index contributed by atoms with van der Waals surface area (Å²) in [5.74, 6) is 11.8. The van der Waals surface area contributed by atoms with Crippen molar-refractivity contribution in [1.29, 1.82) is 0 Å². The molecule has 1 aliphatic heterocycles. The third-order valence-corrected chi connectivity index (χ3v) is 13.1. The van der Waals surface area contributed by atoms with Gasteiger partial charge in [0.15, 0.2) is 16.9 Å². The average molecular weight is 1070 g/mol. The Morgan fingerprint density at radius 3 is 1.72 bits per heavy atom. The van der Waals surface area contributed by atoms with E-state index in [-0.39, 0.29) is 52.8 Å². The second-order valence-electron chi connectivity index (χ2n) is 15.9. The summed E-state index contributed by atoms with van der Waals surface area (Å²) in [7, 11) is 2.04. The molecule has 2 aromatic carbocycles. The molecular weight excluding hydrogens is 988 g/mol. The molecule has 2 N–H and O–H groups in total. The number of halogens is 2. The van der Waals surface area contributed by atoms with Gasteiger partial charge in [-0.05, 0) is 132 Å². The number of alkyl carbamates (subject to hydrolysis) is 1. The van der Waals surface area contributed by atoms with Crippen LogP contribution in [-0.4, -0.2) is 95.0 Å². The molecular formula is C55H60Cl2N8O5S2. The second kappa shape index (κ2) is 26.3. The summed E-state index contributed by atoms with van der Waals surface area (Å²) in [4.78, 5) is 31.1. The molecule has 5 heterocycles. The van der Waals surface area contributed by atoms with Gasteiger partial charge in [0.05, 0.1) is 57.6 Å². The minimum atomic E-state index is -3.34. The van der Waals surface area contributed by atoms with Crippen LogP contribution in [0.15, 0.2) is 96.0 Å². The van der Waals surface area contributed by atoms with Crippen LogP contribution in [0.5, 0.6) is 11.5 Å². The van der Waals surface area contributed by atoms with E-state index < -0.39 is 67.5 Å². The first-order chi connectivity index (χ1) is 41.9. The van der Waals surface area contributed by atoms with E-state index >= 15 is 0 Å². The zero-order valence-corrected chi connectivity index (χ0v) is 42.2. The van der Waals surface area contributed by atoms with E-state index in [2.05, 4.69) is 53.8 Å². The molecule has 0 spiro atoms. The minimum absolute atomic E-state index is 0.0764. The van der Waals surface area contributed by atoms with Crippen molar-refractivity contribution in [2.24, 2.45) is 0 Å². The Balaban J connectivity index is 0.000000238. The van der Waals surface area contributed by atoms with Gasteiger partial charge in [0.1, 0.15) is 31.3 Å². The summed E-state index contributed by atoms with van der Waals surface area (Å²) in [6.07, 6.45) is -16.4. The molecule has 2 saturated carbocycles. The van der Waals surface area contributed by atoms with Crippen molar-refractivity contribution < 1.29 is 48.8 Å². The number of amides is 1. The van der Waals surface area contributed by atoms with Gasteiger partial charge in [-0.3, -0.25) is 19.1 Å². The SMILES string of the molecule is [2H]C1([2H])C([2H])([2H])C([2H])([2H])C([2H])(Sc2ncc(COc3cc(C)c(C#CCO)cc3Cl)n2-c2cccnc2)C1([2H])[2H].[2H]C1([2H])C([2H])([2H])C([2H])([2H])C([2H])(Sc2ncc(COc3cc(C)c(C#CCOC(=O)NC4CCN(C)CC4)cc3Cl)n2-c2cccnc2)C1([2H])[2H]. The Morgan fingerprint density at radius 2 is 1.26 bits per heavy atom. The van der Waals surface area contributed by atoms with Gasteiger partial charge in [-0.1, -0.05) is 95.9 Å². The first-order valence-corrected chi connectivity index (χ1v) is 24.6. The van der Waals surface area contributed by atoms with Gasteiger partial charge in [-0.25, -0.2) is 14.8 Å². The molecule has 4 aromatic heterocycles. The predicted octanol–water partition coefficient (Wildman–Crippen LogP) is 11.2. The summed E-state index contributed by atoms with van der Waals surface area (Å²) in [5.41, 5.74) is 4.30. The number of rotatable bonds is 14. The summed E-state index contributed by atoms with van der Waals surface area (Å²) in [6, 6.07) is 13.2. The number of imidazole rings is 2. The van der Waals surface area contributed by atoms with Crippen LogP contribution in [0.2, 0.25) is 10.0 Å². The van der Waals surface area contributed by atoms with Crippen molar-refractivity contribution in [2.45, 2.75) is 118 Å². The molecule has 6 aromatic rings. The number of nitrogens with one attached hydrogen (secondary N) is 1. The minimum Gasteiger partial charge on any atom is -0.486 e. The number of ether oxygens (including phenoxy) is 3. The smallest absolute Gasteiger partial charge is 0.408 e. The van der Waals surface area contributed by atoms with Crippen LogP contribution in [-0.2, 0) is 18.0 Å². The van der Waals surface area contributed by atoms with Crippen molar-refractivity contribution in [2.75, 3.05) is 33.4 Å². The molecule has 72 heavy (non-hydrogen) atoms. The lowest BCUT2D eigenvalue weighted by Crippen LogP contribution is -2.43. The molecule has 0 radical (unpaired) electrons. The Hall–Kier alpha value is -5.65. The standard InChI is InChI=1S/C31H36ClN5O3S.C24H24ClN3O2S/c1-22-17-29(28(32)18-23(22)7-6-16-39-31(38)35-24-11-14-36(2)15-12-24)40-21-26-20-34-30(41-27-9-3-4-10-27)37(26)25-8-5-13-33-19-25;1-17-12-23(22(25)13-18(17)6-5-11-29)30-16-20-15-27-24(31-21-8-2-3-9-21)28(20)19-7-4-10-26-14-19/h5,8,13,17-20,24,27H,3-4,9-12,14-16,21H2,1-2H3,(H,35,38);4,7,10,12-15,21,29H,2-3,8-9,11,16H2,1H3/i3D2,4D2,9D2,10D2,27D;2D2,3D2,8D2,9D2,21D. The molecule has 1 saturated heterocycles. The van der Waals surface area contributed by atoms with E-state index in [4.69, 9.17) is 67.2 Å². The Kier molecular flexibility index (Phi) is 12.4. The van der Waals surface area contributed by atoms with Crippen LogP contribution in [0.25, 0.3) is 11.4 Å². The Morgan fingerprint density at radius 1 is 0.778 bits per heavy atom. The average Bonchev–Trinajstić information content (AvgIpc) is 1.51. The number of nitrogens with zero attached hydrogens (tertiary/aromatic N) is 7. The molecule has 3 aliphatic rings. The number of hydrogen-bond donors (Lipinski definition) is 2. The third-order valence-electron chi connectivity index (χ3n) is 10.8. The molecule has 13 nitrogen and oxygen atoms in total. The zero-order chi connectivity index (χ0) is 66.4. The van der Waals surface area contributed by atoms with Crippen molar-refractivity contribution in [3.8, 4) is 46.6 Å². The fourth-order valence-corrected chi connectivity index (χ4v) is 9.19. The Bertz CT molecular complexity index is 3710. The molecule has 0 bridgehead atoms. The summed E-state index contributed by atoms with van der Waals surface area (Å²) >= 11 is 13.5. The normalized spacial score (nSPS) is 25.4. The van der Waals surface area contributed by atoms with Crippen molar-refractivity contribution >= 4 is 52.8 Å². The van der Waals surface area contributed by atoms with Gasteiger partial charge in [-0.15, -0.1) is 0 Å². The molecule has 0 atom stereocenters. The molecule has 3 fully saturated rings. The maximum atomic E-state index is 12.1. The van der Waals surface area contributed by atoms with Gasteiger partial charge in [0.2, 0.25) is 0 Å². The highest BCUT2D eigenvalue weighted by molar-refractivity contribution is 8.00. The van der Waals surface area contributed by atoms with Gasteiger partial charge in [0.25, 0.3) is 0 Å². The van der Waals surface area contributed by atoms with Gasteiger partial charge < -0.3 is 29.5 Å². The molecule has 376 valence electrons. The summed E-state index contributed by atoms with van der Waals surface area (Å²) < 4.78 is 170. The van der Waals surface area contributed by atoms with Crippen LogP contribution in [0.1, 0.15) is 122 Å². The van der Waals surface area contributed by atoms with Crippen LogP contribution in [0.3, 0.4) is 0 Å². The Labute approximate surface area is 466 Å². The summed E-state index contributed by atoms with van der Waals surface area (Å²) in [6.45, 7) is 4.77. The first-order valence-electron chi connectivity index (χ1n) is 31.3. The highest BCUT2D eigenvalue weighted by atomic mass is 35.5. The van der Waals surface area contributed by atoms with E-state index in [1.807, 2.05) is 14.0 Å². The van der Waals surface area contributed by atoms with E-state index in [0.29, 0.717) is 68.9 Å². The quantitative estimate of drug-likeness (QED) is 0.100. The van der Waals surface area contributed by atoms with Crippen LogP contribution < -0.4 is 14.8 Å². The zero-order valence-electron chi connectivity index (χ0n) is 57.1. The fraction of sp³-hybridized carbons (Fsp3) is 0.400. The number of hydrogen-bond acceptors (Lipinski definition) is 12. The van der Waals surface area contributed by atoms with E-state index in [1.54, 1.807) is 55.5 Å². The van der Waals surface area contributed by atoms with Crippen LogP contribution in [0.4, 0.5) is 4.79 Å². The molecule has 2 aliphatic carbocycles. The third kappa shape index (κ3) is 14.5. The number of carbonyl (C=O) groups excluding carboxylic acids is 1. The second-order valence-corrected chi connectivity index (χ2v) is 18.6. The van der Waals surface area contributed by atoms with Gasteiger partial charge >= 0.3 is 6.09 Å². The van der Waals surface area contributed by atoms with Crippen LogP contribution in [0, 0.1) is 37.5 Å². The lowest BCUT2D eigenvalue weighted by atomic mass is 10.1. The number of aliphatic hydroxyl groups is 1. The fourth-order valence-electron chi connectivity index (χ4n) is 7.14. The molecule has 9 rings (SSSR count).